The summed E-state index contributed by atoms with van der Waals surface area (Å²) in [6, 6.07) is 3.32. The lowest BCUT2D eigenvalue weighted by atomic mass is 10.3. The van der Waals surface area contributed by atoms with E-state index in [1.165, 1.54) is 17.1 Å². The van der Waals surface area contributed by atoms with Crippen LogP contribution < -0.4 is 11.4 Å². The first-order chi connectivity index (χ1) is 9.13. The van der Waals surface area contributed by atoms with E-state index in [2.05, 4.69) is 10.1 Å². The van der Waals surface area contributed by atoms with Crippen LogP contribution >= 0.6 is 0 Å². The normalized spacial score (nSPS) is 10.5. The van der Waals surface area contributed by atoms with Gasteiger partial charge in [-0.1, -0.05) is 0 Å². The molecule has 2 aromatic heterocycles. The zero-order valence-electron chi connectivity index (χ0n) is 9.83. The van der Waals surface area contributed by atoms with Crippen molar-refractivity contribution in [3.63, 3.8) is 0 Å². The molecule has 0 spiro atoms. The van der Waals surface area contributed by atoms with Gasteiger partial charge in [-0.25, -0.2) is 14.0 Å². The second-order valence-electron chi connectivity index (χ2n) is 3.72. The summed E-state index contributed by atoms with van der Waals surface area (Å²) in [5, 5.41) is 3.78. The Bertz CT molecular complexity index is 643. The van der Waals surface area contributed by atoms with E-state index in [-0.39, 0.29) is 18.7 Å². The molecule has 2 N–H and O–H groups in total. The van der Waals surface area contributed by atoms with Crippen LogP contribution in [0.3, 0.4) is 0 Å². The van der Waals surface area contributed by atoms with Crippen molar-refractivity contribution in [3.8, 4) is 5.69 Å². The minimum absolute atomic E-state index is 0.321. The van der Waals surface area contributed by atoms with E-state index in [0.717, 1.165) is 4.68 Å². The molecule has 0 saturated carbocycles. The predicted octanol–water partition coefficient (Wildman–Crippen LogP) is 0.538. The molecule has 0 aliphatic rings. The zero-order valence-corrected chi connectivity index (χ0v) is 9.83. The lowest BCUT2D eigenvalue weighted by Gasteiger charge is -2.02. The number of aromatic nitrogens is 4. The van der Waals surface area contributed by atoms with Crippen molar-refractivity contribution in [3.05, 3.63) is 53.0 Å². The smallest absolute Gasteiger partial charge is 0.327 e. The Labute approximate surface area is 106 Å². The third-order valence-electron chi connectivity index (χ3n) is 2.51. The second-order valence-corrected chi connectivity index (χ2v) is 3.72. The quantitative estimate of drug-likeness (QED) is 0.876. The zero-order chi connectivity index (χ0) is 13.8. The van der Waals surface area contributed by atoms with Crippen LogP contribution in [0, 0.1) is 0 Å². The number of pyridine rings is 1. The summed E-state index contributed by atoms with van der Waals surface area (Å²) < 4.78 is 27.1. The third kappa shape index (κ3) is 2.74. The van der Waals surface area contributed by atoms with Gasteiger partial charge in [-0.3, -0.25) is 4.98 Å². The van der Waals surface area contributed by atoms with Crippen LogP contribution in [0.5, 0.6) is 0 Å². The van der Waals surface area contributed by atoms with E-state index in [4.69, 9.17) is 5.73 Å². The van der Waals surface area contributed by atoms with Crippen molar-refractivity contribution < 1.29 is 8.78 Å². The Hall–Kier alpha value is -2.35. The van der Waals surface area contributed by atoms with E-state index < -0.39 is 11.8 Å². The van der Waals surface area contributed by atoms with Gasteiger partial charge in [-0.2, -0.15) is 13.9 Å². The maximum Gasteiger partial charge on any atom is 0.350 e. The highest BCUT2D eigenvalue weighted by atomic mass is 19.3. The van der Waals surface area contributed by atoms with Crippen LogP contribution in [0.15, 0.2) is 47.3 Å². The number of hydrogen-bond acceptors (Lipinski definition) is 4. The van der Waals surface area contributed by atoms with E-state index >= 15 is 0 Å². The van der Waals surface area contributed by atoms with Crippen molar-refractivity contribution in [1.82, 2.24) is 19.3 Å². The van der Waals surface area contributed by atoms with E-state index in [1.54, 1.807) is 18.3 Å². The summed E-state index contributed by atoms with van der Waals surface area (Å²) in [6.45, 7) is -0.653. The fourth-order valence-electron chi connectivity index (χ4n) is 1.50. The fraction of sp³-hybridized carbons (Fsp3) is 0.182. The van der Waals surface area contributed by atoms with Crippen molar-refractivity contribution >= 4 is 0 Å². The van der Waals surface area contributed by atoms with Gasteiger partial charge >= 0.3 is 5.69 Å². The van der Waals surface area contributed by atoms with Gasteiger partial charge in [-0.15, -0.1) is 0 Å². The predicted molar refractivity (Wildman–Crippen MR) is 63.9 cm³/mol. The van der Waals surface area contributed by atoms with Gasteiger partial charge in [0.15, 0.2) is 0 Å². The Balaban J connectivity index is 2.35. The molecule has 8 heteroatoms. The summed E-state index contributed by atoms with van der Waals surface area (Å²) in [7, 11) is 0. The Morgan fingerprint density at radius 1 is 1.42 bits per heavy atom. The molecule has 6 nitrogen and oxygen atoms in total. The molecule has 0 radical (unpaired) electrons. The van der Waals surface area contributed by atoms with Gasteiger partial charge in [-0.05, 0) is 12.1 Å². The molecule has 100 valence electrons. The molecule has 0 atom stereocenters. The van der Waals surface area contributed by atoms with Gasteiger partial charge in [0.1, 0.15) is 6.33 Å². The van der Waals surface area contributed by atoms with Gasteiger partial charge in [0, 0.05) is 18.3 Å². The summed E-state index contributed by atoms with van der Waals surface area (Å²) in [4.78, 5) is 15.8. The number of nitrogens with zero attached hydrogens (tertiary/aromatic N) is 4. The summed E-state index contributed by atoms with van der Waals surface area (Å²) in [6.07, 6.45) is 2.41. The molecule has 0 fully saturated rings. The molecule has 0 bridgehead atoms. The molecule has 19 heavy (non-hydrogen) atoms. The maximum absolute atomic E-state index is 12.5. The Morgan fingerprint density at radius 3 is 2.79 bits per heavy atom. The molecule has 0 aliphatic heterocycles. The first-order valence-electron chi connectivity index (χ1n) is 5.41. The SMILES string of the molecule is NCC(Cn1ncn(-c2cccnc2)c1=O)=C(F)F. The van der Waals surface area contributed by atoms with Crippen LogP contribution in [-0.4, -0.2) is 25.9 Å². The minimum atomic E-state index is -1.88. The first-order valence-corrected chi connectivity index (χ1v) is 5.41. The van der Waals surface area contributed by atoms with Gasteiger partial charge < -0.3 is 5.73 Å². The van der Waals surface area contributed by atoms with E-state index in [9.17, 15) is 13.6 Å². The van der Waals surface area contributed by atoms with E-state index in [1.807, 2.05) is 0 Å². The highest BCUT2D eigenvalue weighted by molar-refractivity contribution is 5.26. The van der Waals surface area contributed by atoms with Crippen molar-refractivity contribution in [2.75, 3.05) is 6.54 Å². The van der Waals surface area contributed by atoms with Gasteiger partial charge in [0.05, 0.1) is 18.4 Å². The van der Waals surface area contributed by atoms with Crippen LogP contribution in [0.25, 0.3) is 5.69 Å². The van der Waals surface area contributed by atoms with Crippen molar-refractivity contribution in [2.45, 2.75) is 6.54 Å². The van der Waals surface area contributed by atoms with E-state index in [0.29, 0.717) is 5.69 Å². The maximum atomic E-state index is 12.5. The van der Waals surface area contributed by atoms with Crippen LogP contribution in [0.1, 0.15) is 0 Å². The summed E-state index contributed by atoms with van der Waals surface area (Å²) in [5.74, 6) is 0. The Morgan fingerprint density at radius 2 is 2.21 bits per heavy atom. The minimum Gasteiger partial charge on any atom is -0.327 e. The number of halogens is 2. The molecular weight excluding hydrogens is 256 g/mol. The summed E-state index contributed by atoms with van der Waals surface area (Å²) in [5.41, 5.74) is 4.86. The van der Waals surface area contributed by atoms with Crippen molar-refractivity contribution in [1.29, 1.82) is 0 Å². The first kappa shape index (κ1) is 13.1. The average Bonchev–Trinajstić information content (AvgIpc) is 2.78. The lowest BCUT2D eigenvalue weighted by Crippen LogP contribution is -2.26. The van der Waals surface area contributed by atoms with Crippen LogP contribution in [0.2, 0.25) is 0 Å². The average molecular weight is 267 g/mol. The molecule has 0 aromatic carbocycles. The van der Waals surface area contributed by atoms with Crippen LogP contribution in [-0.2, 0) is 6.54 Å². The highest BCUT2D eigenvalue weighted by Crippen LogP contribution is 2.08. The third-order valence-corrected chi connectivity index (χ3v) is 2.51. The molecule has 2 aromatic rings. The topological polar surface area (TPSA) is 78.7 Å². The Kier molecular flexibility index (Phi) is 3.81. The second kappa shape index (κ2) is 5.53. The molecule has 0 saturated heterocycles. The molecule has 0 aliphatic carbocycles. The molecule has 2 heterocycles. The molecule has 0 amide bonds. The fourth-order valence-corrected chi connectivity index (χ4v) is 1.50. The molecule has 0 unspecified atom stereocenters. The lowest BCUT2D eigenvalue weighted by molar-refractivity contribution is 0.400. The van der Waals surface area contributed by atoms with Crippen LogP contribution in [0.4, 0.5) is 8.78 Å². The highest BCUT2D eigenvalue weighted by Gasteiger charge is 2.11. The van der Waals surface area contributed by atoms with Gasteiger partial charge in [0.25, 0.3) is 6.08 Å². The molecular formula is C11H11F2N5O. The number of hydrogen-bond donors (Lipinski definition) is 1. The molecule has 2 rings (SSSR count). The van der Waals surface area contributed by atoms with Gasteiger partial charge in [0.2, 0.25) is 0 Å². The largest absolute Gasteiger partial charge is 0.350 e. The standard InChI is InChI=1S/C11H11F2N5O/c12-10(13)8(4-14)6-18-11(19)17(7-16-18)9-2-1-3-15-5-9/h1-3,5,7H,4,6,14H2. The number of rotatable bonds is 4. The van der Waals surface area contributed by atoms with Crippen molar-refractivity contribution in [2.24, 2.45) is 5.73 Å². The monoisotopic (exact) mass is 267 g/mol. The number of nitrogens with two attached hydrogens (primary N) is 1. The summed E-state index contributed by atoms with van der Waals surface area (Å²) >= 11 is 0.